The number of aliphatic hydroxyl groups is 1. The number of fused-ring (bicyclic) bond motifs is 4. The molecule has 0 aromatic heterocycles. The number of hydrogen-bond donors (Lipinski definition) is 1. The molecule has 2 fully saturated rings. The number of allylic oxidation sites excluding steroid dienone is 3. The molecule has 0 saturated heterocycles. The highest BCUT2D eigenvalue weighted by Crippen LogP contribution is 2.61. The summed E-state index contributed by atoms with van der Waals surface area (Å²) in [7, 11) is 1.74. The van der Waals surface area contributed by atoms with Gasteiger partial charge in [-0.15, -0.1) is 0 Å². The van der Waals surface area contributed by atoms with Gasteiger partial charge in [0.05, 0.1) is 19.0 Å². The van der Waals surface area contributed by atoms with E-state index >= 15 is 0 Å². The van der Waals surface area contributed by atoms with Gasteiger partial charge in [-0.1, -0.05) is 18.1 Å². The summed E-state index contributed by atoms with van der Waals surface area (Å²) in [6.45, 7) is 2.16. The van der Waals surface area contributed by atoms with Crippen LogP contribution in [0.1, 0.15) is 58.3 Å². The van der Waals surface area contributed by atoms with Gasteiger partial charge >= 0.3 is 0 Å². The first kappa shape index (κ1) is 15.4. The monoisotopic (exact) mass is 316 g/mol. The SMILES string of the molecule is CCC12CC(=O)C3C4=C(CC[C@@H]3[C@@H]1CCC2O)CC(OC)=CC4. The van der Waals surface area contributed by atoms with Crippen LogP contribution in [0.4, 0.5) is 0 Å². The summed E-state index contributed by atoms with van der Waals surface area (Å²) in [6, 6.07) is 0. The number of Topliss-reactive ketones (excluding diaryl/α,β-unsaturated/α-hetero) is 1. The molecule has 3 nitrogen and oxygen atoms in total. The van der Waals surface area contributed by atoms with Crippen LogP contribution in [-0.4, -0.2) is 24.1 Å². The second-order valence-electron chi connectivity index (χ2n) is 7.99. The Labute approximate surface area is 138 Å². The van der Waals surface area contributed by atoms with Crippen molar-refractivity contribution in [1.82, 2.24) is 0 Å². The summed E-state index contributed by atoms with van der Waals surface area (Å²) in [5.41, 5.74) is 2.73. The maximum absolute atomic E-state index is 13.1. The molecule has 0 heterocycles. The Morgan fingerprint density at radius 1 is 1.35 bits per heavy atom. The van der Waals surface area contributed by atoms with Gasteiger partial charge in [-0.2, -0.15) is 0 Å². The molecule has 4 rings (SSSR count). The predicted molar refractivity (Wildman–Crippen MR) is 88.6 cm³/mol. The van der Waals surface area contributed by atoms with E-state index in [1.165, 1.54) is 11.1 Å². The van der Waals surface area contributed by atoms with Crippen LogP contribution < -0.4 is 0 Å². The lowest BCUT2D eigenvalue weighted by Crippen LogP contribution is -2.50. The van der Waals surface area contributed by atoms with Crippen molar-refractivity contribution in [2.24, 2.45) is 23.2 Å². The summed E-state index contributed by atoms with van der Waals surface area (Å²) < 4.78 is 5.43. The largest absolute Gasteiger partial charge is 0.501 e. The molecule has 1 N–H and O–H groups in total. The van der Waals surface area contributed by atoms with Crippen LogP contribution in [0.5, 0.6) is 0 Å². The standard InChI is InChI=1S/C20H28O3/c1-3-20-11-17(21)19-14-7-5-13(23-2)10-12(14)4-6-15(19)16(20)8-9-18(20)22/h5,15-16,18-19,22H,3-4,6-11H2,1-2H3/t15-,16+,18?,19?,20?/m1/s1. The molecule has 4 aliphatic rings. The van der Waals surface area contributed by atoms with E-state index in [1.54, 1.807) is 7.11 Å². The number of ether oxygens (including phenoxy) is 1. The lowest BCUT2D eigenvalue weighted by Gasteiger charge is -2.51. The molecule has 0 amide bonds. The minimum absolute atomic E-state index is 0.126. The van der Waals surface area contributed by atoms with Crippen molar-refractivity contribution in [2.45, 2.75) is 64.4 Å². The maximum atomic E-state index is 13.1. The van der Waals surface area contributed by atoms with Crippen LogP contribution in [-0.2, 0) is 9.53 Å². The van der Waals surface area contributed by atoms with Crippen LogP contribution in [0.3, 0.4) is 0 Å². The smallest absolute Gasteiger partial charge is 0.140 e. The Bertz CT molecular complexity index is 588. The van der Waals surface area contributed by atoms with Crippen molar-refractivity contribution in [3.8, 4) is 0 Å². The highest BCUT2D eigenvalue weighted by Gasteiger charge is 2.59. The second-order valence-corrected chi connectivity index (χ2v) is 7.99. The van der Waals surface area contributed by atoms with E-state index in [4.69, 9.17) is 4.74 Å². The first-order chi connectivity index (χ1) is 11.1. The molecule has 3 heteroatoms. The third-order valence-electron chi connectivity index (χ3n) is 7.42. The molecule has 4 aliphatic carbocycles. The van der Waals surface area contributed by atoms with Crippen LogP contribution in [0.2, 0.25) is 0 Å². The van der Waals surface area contributed by atoms with Gasteiger partial charge in [0.2, 0.25) is 0 Å². The molecule has 0 bridgehead atoms. The first-order valence-corrected chi connectivity index (χ1v) is 9.25. The Morgan fingerprint density at radius 3 is 2.91 bits per heavy atom. The summed E-state index contributed by atoms with van der Waals surface area (Å²) in [6.07, 6.45) is 9.42. The third kappa shape index (κ3) is 2.08. The van der Waals surface area contributed by atoms with Gasteiger partial charge in [-0.25, -0.2) is 0 Å². The van der Waals surface area contributed by atoms with Gasteiger partial charge in [0.15, 0.2) is 0 Å². The topological polar surface area (TPSA) is 46.5 Å². The van der Waals surface area contributed by atoms with Crippen molar-refractivity contribution >= 4 is 5.78 Å². The number of hydrogen-bond acceptors (Lipinski definition) is 3. The zero-order chi connectivity index (χ0) is 16.2. The quantitative estimate of drug-likeness (QED) is 0.789. The van der Waals surface area contributed by atoms with Crippen LogP contribution >= 0.6 is 0 Å². The van der Waals surface area contributed by atoms with Gasteiger partial charge in [0.1, 0.15) is 5.78 Å². The molecular formula is C20H28O3. The molecule has 0 aliphatic heterocycles. The number of rotatable bonds is 2. The van der Waals surface area contributed by atoms with E-state index in [1.807, 2.05) is 0 Å². The van der Waals surface area contributed by atoms with Crippen molar-refractivity contribution in [2.75, 3.05) is 7.11 Å². The summed E-state index contributed by atoms with van der Waals surface area (Å²) in [5, 5.41) is 10.6. The van der Waals surface area contributed by atoms with Crippen molar-refractivity contribution in [1.29, 1.82) is 0 Å². The Kier molecular flexibility index (Phi) is 3.67. The van der Waals surface area contributed by atoms with Crippen LogP contribution in [0, 0.1) is 23.2 Å². The predicted octanol–water partition coefficient (Wildman–Crippen LogP) is 3.77. The van der Waals surface area contributed by atoms with Gasteiger partial charge in [0.25, 0.3) is 0 Å². The third-order valence-corrected chi connectivity index (χ3v) is 7.42. The van der Waals surface area contributed by atoms with E-state index < -0.39 is 0 Å². The van der Waals surface area contributed by atoms with Crippen LogP contribution in [0.25, 0.3) is 0 Å². The maximum Gasteiger partial charge on any atom is 0.140 e. The second kappa shape index (κ2) is 5.47. The lowest BCUT2D eigenvalue weighted by molar-refractivity contribution is -0.139. The number of methoxy groups -OCH3 is 1. The van der Waals surface area contributed by atoms with E-state index in [-0.39, 0.29) is 17.4 Å². The molecule has 3 unspecified atom stereocenters. The molecule has 126 valence electrons. The van der Waals surface area contributed by atoms with Crippen molar-refractivity contribution in [3.05, 3.63) is 23.0 Å². The van der Waals surface area contributed by atoms with Gasteiger partial charge in [-0.05, 0) is 56.4 Å². The normalized spacial score (nSPS) is 42.7. The fourth-order valence-electron chi connectivity index (χ4n) is 6.25. The van der Waals surface area contributed by atoms with Gasteiger partial charge in [-0.3, -0.25) is 4.79 Å². The average Bonchev–Trinajstić information content (AvgIpc) is 2.91. The molecule has 0 aromatic rings. The summed E-state index contributed by atoms with van der Waals surface area (Å²) >= 11 is 0. The van der Waals surface area contributed by atoms with E-state index in [9.17, 15) is 9.90 Å². The summed E-state index contributed by atoms with van der Waals surface area (Å²) in [5.74, 6) is 2.58. The van der Waals surface area contributed by atoms with E-state index in [0.717, 1.165) is 50.7 Å². The van der Waals surface area contributed by atoms with Crippen LogP contribution in [0.15, 0.2) is 23.0 Å². The first-order valence-electron chi connectivity index (χ1n) is 9.25. The molecule has 0 aromatic carbocycles. The highest BCUT2D eigenvalue weighted by molar-refractivity contribution is 5.86. The fraction of sp³-hybridized carbons (Fsp3) is 0.750. The minimum Gasteiger partial charge on any atom is -0.501 e. The van der Waals surface area contributed by atoms with Crippen molar-refractivity contribution in [3.63, 3.8) is 0 Å². The average molecular weight is 316 g/mol. The zero-order valence-electron chi connectivity index (χ0n) is 14.3. The molecular weight excluding hydrogens is 288 g/mol. The fourth-order valence-corrected chi connectivity index (χ4v) is 6.25. The zero-order valence-corrected chi connectivity index (χ0v) is 14.3. The number of aliphatic hydroxyl groups excluding tert-OH is 1. The summed E-state index contributed by atoms with van der Waals surface area (Å²) in [4.78, 5) is 13.1. The number of carbonyl (C=O) groups excluding carboxylic acids is 1. The lowest BCUT2D eigenvalue weighted by atomic mass is 9.53. The van der Waals surface area contributed by atoms with E-state index in [0.29, 0.717) is 24.0 Å². The Hall–Kier alpha value is -1.09. The highest BCUT2D eigenvalue weighted by atomic mass is 16.5. The molecule has 5 atom stereocenters. The van der Waals surface area contributed by atoms with Crippen molar-refractivity contribution < 1.29 is 14.6 Å². The number of ketones is 1. The molecule has 0 radical (unpaired) electrons. The van der Waals surface area contributed by atoms with Gasteiger partial charge in [0, 0.05) is 24.2 Å². The molecule has 0 spiro atoms. The van der Waals surface area contributed by atoms with E-state index in [2.05, 4.69) is 13.0 Å². The molecule has 2 saturated carbocycles. The molecule has 23 heavy (non-hydrogen) atoms. The minimum atomic E-state index is -0.274. The Balaban J connectivity index is 1.68. The Morgan fingerprint density at radius 2 is 2.17 bits per heavy atom. The van der Waals surface area contributed by atoms with Gasteiger partial charge < -0.3 is 9.84 Å². The number of carbonyl (C=O) groups is 1.